The predicted octanol–water partition coefficient (Wildman–Crippen LogP) is 4.78. The van der Waals surface area contributed by atoms with Crippen LogP contribution in [-0.2, 0) is 6.42 Å². The first kappa shape index (κ1) is 18.1. The van der Waals surface area contributed by atoms with E-state index in [0.717, 1.165) is 21.3 Å². The number of pyridine rings is 1. The number of carbonyl (C=O) groups is 1. The third kappa shape index (κ3) is 4.01. The molecular formula is C20H13F2N3O2S. The molecule has 0 saturated carbocycles. The number of nitrogens with zero attached hydrogens (tertiary/aromatic N) is 3. The maximum absolute atomic E-state index is 12.5. The summed E-state index contributed by atoms with van der Waals surface area (Å²) in [5.74, 6) is -0.143. The number of hydrogen-bond donors (Lipinski definition) is 0. The number of rotatable bonds is 6. The highest BCUT2D eigenvalue weighted by Gasteiger charge is 2.11. The van der Waals surface area contributed by atoms with E-state index in [0.29, 0.717) is 11.3 Å². The molecule has 0 N–H and O–H groups in total. The lowest BCUT2D eigenvalue weighted by molar-refractivity contribution is -0.0498. The number of benzene rings is 2. The smallest absolute Gasteiger partial charge is 0.387 e. The number of fused-ring (bicyclic) bond motifs is 1. The first-order valence-electron chi connectivity index (χ1n) is 8.32. The molecule has 0 atom stereocenters. The molecule has 0 aliphatic heterocycles. The fourth-order valence-electron chi connectivity index (χ4n) is 2.80. The van der Waals surface area contributed by atoms with Gasteiger partial charge in [-0.05, 0) is 41.8 Å². The van der Waals surface area contributed by atoms with Gasteiger partial charge in [-0.25, -0.2) is 0 Å². The van der Waals surface area contributed by atoms with Gasteiger partial charge in [-0.3, -0.25) is 9.78 Å². The second kappa shape index (κ2) is 7.77. The van der Waals surface area contributed by atoms with Crippen molar-refractivity contribution in [2.24, 2.45) is 0 Å². The Hall–Kier alpha value is -3.26. The fourth-order valence-corrected chi connectivity index (χ4v) is 3.36. The average molecular weight is 397 g/mol. The van der Waals surface area contributed by atoms with Crippen LogP contribution in [0.15, 0.2) is 60.2 Å². The molecule has 140 valence electrons. The van der Waals surface area contributed by atoms with Crippen molar-refractivity contribution in [3.8, 4) is 16.3 Å². The van der Waals surface area contributed by atoms with E-state index in [2.05, 4.69) is 19.9 Å². The molecule has 8 heteroatoms. The lowest BCUT2D eigenvalue weighted by atomic mass is 10.0. The highest BCUT2D eigenvalue weighted by Crippen LogP contribution is 2.25. The summed E-state index contributed by atoms with van der Waals surface area (Å²) >= 11 is 1.45. The number of aromatic nitrogens is 3. The molecule has 0 fully saturated rings. The Bertz CT molecular complexity index is 1120. The van der Waals surface area contributed by atoms with Gasteiger partial charge in [0.05, 0.1) is 6.42 Å². The molecule has 0 radical (unpaired) electrons. The second-order valence-corrected chi connectivity index (χ2v) is 6.82. The van der Waals surface area contributed by atoms with Crippen molar-refractivity contribution in [3.63, 3.8) is 0 Å². The van der Waals surface area contributed by atoms with Crippen molar-refractivity contribution in [1.82, 2.24) is 15.2 Å². The van der Waals surface area contributed by atoms with Crippen LogP contribution in [-0.4, -0.2) is 27.6 Å². The van der Waals surface area contributed by atoms with Crippen molar-refractivity contribution in [1.29, 1.82) is 0 Å². The van der Waals surface area contributed by atoms with E-state index in [-0.39, 0.29) is 18.0 Å². The van der Waals surface area contributed by atoms with Gasteiger partial charge in [-0.1, -0.05) is 23.5 Å². The molecule has 2 aromatic carbocycles. The van der Waals surface area contributed by atoms with Crippen LogP contribution in [0.4, 0.5) is 8.78 Å². The van der Waals surface area contributed by atoms with E-state index in [4.69, 9.17) is 0 Å². The van der Waals surface area contributed by atoms with E-state index in [1.54, 1.807) is 11.7 Å². The Labute approximate surface area is 162 Å². The summed E-state index contributed by atoms with van der Waals surface area (Å²) in [5, 5.41) is 10.7. The number of halogens is 2. The molecule has 4 aromatic rings. The van der Waals surface area contributed by atoms with Gasteiger partial charge >= 0.3 is 6.61 Å². The van der Waals surface area contributed by atoms with Crippen molar-refractivity contribution in [2.75, 3.05) is 0 Å². The Balaban J connectivity index is 1.54. The monoisotopic (exact) mass is 397 g/mol. The van der Waals surface area contributed by atoms with Crippen LogP contribution < -0.4 is 4.74 Å². The molecule has 0 unspecified atom stereocenters. The maximum Gasteiger partial charge on any atom is 0.387 e. The predicted molar refractivity (Wildman–Crippen MR) is 102 cm³/mol. The molecule has 0 aliphatic rings. The number of alkyl halides is 2. The fraction of sp³-hybridized carbons (Fsp3) is 0.100. The summed E-state index contributed by atoms with van der Waals surface area (Å²) < 4.78 is 28.7. The van der Waals surface area contributed by atoms with E-state index >= 15 is 0 Å². The third-order valence-electron chi connectivity index (χ3n) is 4.13. The number of carbonyl (C=O) groups excluding carboxylic acids is 1. The van der Waals surface area contributed by atoms with Gasteiger partial charge in [-0.2, -0.15) is 8.78 Å². The Morgan fingerprint density at radius 3 is 2.61 bits per heavy atom. The van der Waals surface area contributed by atoms with Gasteiger partial charge in [0.25, 0.3) is 0 Å². The van der Waals surface area contributed by atoms with Gasteiger partial charge in [0.2, 0.25) is 0 Å². The topological polar surface area (TPSA) is 65.0 Å². The van der Waals surface area contributed by atoms with Crippen LogP contribution in [0.3, 0.4) is 0 Å². The van der Waals surface area contributed by atoms with Crippen LogP contribution in [0.1, 0.15) is 16.1 Å². The van der Waals surface area contributed by atoms with Crippen molar-refractivity contribution in [3.05, 3.63) is 71.5 Å². The molecule has 0 saturated heterocycles. The number of Topliss-reactive ketones (excluding diaryl/α,β-unsaturated/α-hetero) is 1. The minimum atomic E-state index is -2.89. The van der Waals surface area contributed by atoms with E-state index in [9.17, 15) is 13.6 Å². The molecule has 5 nitrogen and oxygen atoms in total. The first-order chi connectivity index (χ1) is 13.6. The second-order valence-electron chi connectivity index (χ2n) is 5.98. The molecule has 2 aromatic heterocycles. The van der Waals surface area contributed by atoms with Gasteiger partial charge < -0.3 is 4.74 Å². The summed E-state index contributed by atoms with van der Waals surface area (Å²) in [5.41, 5.74) is 3.66. The zero-order valence-corrected chi connectivity index (χ0v) is 15.2. The van der Waals surface area contributed by atoms with E-state index in [1.807, 2.05) is 24.3 Å². The zero-order valence-electron chi connectivity index (χ0n) is 14.4. The normalized spacial score (nSPS) is 11.1. The van der Waals surface area contributed by atoms with Gasteiger partial charge in [-0.15, -0.1) is 10.2 Å². The number of ether oxygens (including phenoxy) is 1. The Kier molecular flexibility index (Phi) is 5.03. The first-order valence-corrected chi connectivity index (χ1v) is 9.20. The summed E-state index contributed by atoms with van der Waals surface area (Å²) in [4.78, 5) is 16.8. The van der Waals surface area contributed by atoms with E-state index in [1.165, 1.54) is 35.6 Å². The molecule has 4 rings (SSSR count). The number of hydrogen-bond acceptors (Lipinski definition) is 6. The van der Waals surface area contributed by atoms with Crippen LogP contribution in [0, 0.1) is 0 Å². The summed E-state index contributed by atoms with van der Waals surface area (Å²) in [6, 6.07) is 13.4. The standard InChI is InChI=1S/C20H13F2N3O2S/c21-20(22)27-17-5-3-12(4-6-17)18(26)9-16-8-15-7-13(19-25-24-11-28-19)1-2-14(15)10-23-16/h1-8,10-11,20H,9H2. The molecule has 2 heterocycles. The van der Waals surface area contributed by atoms with Crippen LogP contribution in [0.25, 0.3) is 21.3 Å². The third-order valence-corrected chi connectivity index (χ3v) is 4.87. The van der Waals surface area contributed by atoms with Gasteiger partial charge in [0.1, 0.15) is 16.3 Å². The minimum Gasteiger partial charge on any atom is -0.435 e. The lowest BCUT2D eigenvalue weighted by Gasteiger charge is -2.06. The minimum absolute atomic E-state index is 0.0135. The highest BCUT2D eigenvalue weighted by molar-refractivity contribution is 7.12. The van der Waals surface area contributed by atoms with Crippen LogP contribution >= 0.6 is 11.3 Å². The maximum atomic E-state index is 12.5. The molecule has 0 aliphatic carbocycles. The molecule has 0 amide bonds. The van der Waals surface area contributed by atoms with Crippen molar-refractivity contribution < 1.29 is 18.3 Å². The quantitative estimate of drug-likeness (QED) is 0.438. The van der Waals surface area contributed by atoms with Crippen molar-refractivity contribution >= 4 is 27.9 Å². The summed E-state index contributed by atoms with van der Waals surface area (Å²) in [6.07, 6.45) is 1.83. The zero-order chi connectivity index (χ0) is 19.5. The molecule has 0 spiro atoms. The molecular weight excluding hydrogens is 384 g/mol. The number of ketones is 1. The SMILES string of the molecule is O=C(Cc1cc2cc(-c3nncs3)ccc2cn1)c1ccc(OC(F)F)cc1. The molecule has 0 bridgehead atoms. The average Bonchev–Trinajstić information content (AvgIpc) is 3.22. The van der Waals surface area contributed by atoms with Gasteiger partial charge in [0, 0.05) is 28.4 Å². The van der Waals surface area contributed by atoms with Crippen molar-refractivity contribution in [2.45, 2.75) is 13.0 Å². The largest absolute Gasteiger partial charge is 0.435 e. The van der Waals surface area contributed by atoms with Crippen LogP contribution in [0.5, 0.6) is 5.75 Å². The lowest BCUT2D eigenvalue weighted by Crippen LogP contribution is -2.06. The molecule has 28 heavy (non-hydrogen) atoms. The Morgan fingerprint density at radius 2 is 1.89 bits per heavy atom. The van der Waals surface area contributed by atoms with Gasteiger partial charge in [0.15, 0.2) is 5.78 Å². The summed E-state index contributed by atoms with van der Waals surface area (Å²) in [7, 11) is 0. The van der Waals surface area contributed by atoms with E-state index < -0.39 is 6.61 Å². The Morgan fingerprint density at radius 1 is 1.07 bits per heavy atom. The highest BCUT2D eigenvalue weighted by atomic mass is 32.1. The summed E-state index contributed by atoms with van der Waals surface area (Å²) in [6.45, 7) is -2.89. The van der Waals surface area contributed by atoms with Crippen LogP contribution in [0.2, 0.25) is 0 Å².